The quantitative estimate of drug-likeness (QED) is 0.782. The molecule has 0 aliphatic carbocycles. The first kappa shape index (κ1) is 13.5. The molecule has 102 valence electrons. The summed E-state index contributed by atoms with van der Waals surface area (Å²) in [5.74, 6) is 0.736. The van der Waals surface area contributed by atoms with E-state index in [1.165, 1.54) is 0 Å². The van der Waals surface area contributed by atoms with Crippen LogP contribution in [0, 0.1) is 5.92 Å². The van der Waals surface area contributed by atoms with E-state index < -0.39 is 11.9 Å². The van der Waals surface area contributed by atoms with Gasteiger partial charge in [0.2, 0.25) is 0 Å². The minimum Gasteiger partial charge on any atom is -0.481 e. The average Bonchev–Trinajstić information content (AvgIpc) is 2.71. The molecule has 3 unspecified atom stereocenters. The standard InChI is InChI=1S/C12H20N2O3S/c1-8-7-18-6-5-13(8)12(17)14-4-3-10(9(14)2)11(15)16/h8-10H,3-7H2,1-2H3,(H,15,16). The van der Waals surface area contributed by atoms with Crippen molar-refractivity contribution < 1.29 is 14.7 Å². The van der Waals surface area contributed by atoms with Gasteiger partial charge in [-0.05, 0) is 20.3 Å². The van der Waals surface area contributed by atoms with Crippen molar-refractivity contribution in [3.63, 3.8) is 0 Å². The summed E-state index contributed by atoms with van der Waals surface area (Å²) in [7, 11) is 0. The number of aliphatic carboxylic acids is 1. The van der Waals surface area contributed by atoms with Gasteiger partial charge in [-0.25, -0.2) is 4.79 Å². The van der Waals surface area contributed by atoms with Crippen LogP contribution in [0.4, 0.5) is 4.79 Å². The number of hydrogen-bond donors (Lipinski definition) is 1. The number of carbonyl (C=O) groups is 2. The third kappa shape index (κ3) is 2.43. The Kier molecular flexibility index (Phi) is 4.04. The number of hydrogen-bond acceptors (Lipinski definition) is 3. The summed E-state index contributed by atoms with van der Waals surface area (Å²) in [6, 6.07) is 0.0585. The Hall–Kier alpha value is -0.910. The highest BCUT2D eigenvalue weighted by atomic mass is 32.2. The Balaban J connectivity index is 2.03. The van der Waals surface area contributed by atoms with Crippen LogP contribution in [0.25, 0.3) is 0 Å². The van der Waals surface area contributed by atoms with Crippen molar-refractivity contribution in [3.05, 3.63) is 0 Å². The van der Waals surface area contributed by atoms with Crippen molar-refractivity contribution in [2.75, 3.05) is 24.6 Å². The number of nitrogens with zero attached hydrogens (tertiary/aromatic N) is 2. The van der Waals surface area contributed by atoms with Gasteiger partial charge < -0.3 is 14.9 Å². The van der Waals surface area contributed by atoms with E-state index >= 15 is 0 Å². The summed E-state index contributed by atoms with van der Waals surface area (Å²) in [5.41, 5.74) is 0. The summed E-state index contributed by atoms with van der Waals surface area (Å²) in [6.07, 6.45) is 0.569. The summed E-state index contributed by atoms with van der Waals surface area (Å²) in [4.78, 5) is 27.1. The second kappa shape index (κ2) is 5.38. The maximum Gasteiger partial charge on any atom is 0.320 e. The molecular formula is C12H20N2O3S. The summed E-state index contributed by atoms with van der Waals surface area (Å²) >= 11 is 1.87. The van der Waals surface area contributed by atoms with Gasteiger partial charge in [-0.3, -0.25) is 4.79 Å². The molecule has 5 nitrogen and oxygen atoms in total. The molecule has 2 saturated heterocycles. The molecule has 2 heterocycles. The highest BCUT2D eigenvalue weighted by molar-refractivity contribution is 7.99. The van der Waals surface area contributed by atoms with Crippen LogP contribution in [0.15, 0.2) is 0 Å². The summed E-state index contributed by atoms with van der Waals surface area (Å²) < 4.78 is 0. The fraction of sp³-hybridized carbons (Fsp3) is 0.833. The van der Waals surface area contributed by atoms with Crippen LogP contribution < -0.4 is 0 Å². The normalized spacial score (nSPS) is 32.7. The molecule has 0 radical (unpaired) electrons. The van der Waals surface area contributed by atoms with E-state index in [9.17, 15) is 9.59 Å². The van der Waals surface area contributed by atoms with Crippen molar-refractivity contribution in [3.8, 4) is 0 Å². The van der Waals surface area contributed by atoms with Crippen LogP contribution in [0.1, 0.15) is 20.3 Å². The smallest absolute Gasteiger partial charge is 0.320 e. The van der Waals surface area contributed by atoms with Gasteiger partial charge in [-0.1, -0.05) is 0 Å². The van der Waals surface area contributed by atoms with Crippen molar-refractivity contribution in [1.29, 1.82) is 0 Å². The van der Waals surface area contributed by atoms with Gasteiger partial charge in [0.15, 0.2) is 0 Å². The minimum absolute atomic E-state index is 0.0130. The third-order valence-electron chi connectivity index (χ3n) is 3.93. The Morgan fingerprint density at radius 2 is 1.94 bits per heavy atom. The van der Waals surface area contributed by atoms with Gasteiger partial charge in [0.25, 0.3) is 0 Å². The molecule has 2 rings (SSSR count). The first-order valence-electron chi connectivity index (χ1n) is 6.40. The number of urea groups is 1. The van der Waals surface area contributed by atoms with Crippen LogP contribution in [0.2, 0.25) is 0 Å². The lowest BCUT2D eigenvalue weighted by molar-refractivity contribution is -0.142. The van der Waals surface area contributed by atoms with Gasteiger partial charge in [0.1, 0.15) is 0 Å². The lowest BCUT2D eigenvalue weighted by Gasteiger charge is -2.37. The van der Waals surface area contributed by atoms with Crippen LogP contribution in [0.5, 0.6) is 0 Å². The summed E-state index contributed by atoms with van der Waals surface area (Å²) in [5, 5.41) is 9.09. The zero-order chi connectivity index (χ0) is 13.3. The van der Waals surface area contributed by atoms with Crippen LogP contribution >= 0.6 is 11.8 Å². The van der Waals surface area contributed by atoms with E-state index in [1.807, 2.05) is 23.6 Å². The number of amides is 2. The molecule has 0 saturated carbocycles. The molecule has 0 aromatic heterocycles. The number of thioether (sulfide) groups is 1. The molecule has 0 spiro atoms. The second-order valence-corrected chi connectivity index (χ2v) is 6.22. The zero-order valence-corrected chi connectivity index (χ0v) is 11.7. The van der Waals surface area contributed by atoms with Gasteiger partial charge in [0, 0.05) is 36.7 Å². The molecule has 2 amide bonds. The van der Waals surface area contributed by atoms with Gasteiger partial charge in [-0.2, -0.15) is 11.8 Å². The topological polar surface area (TPSA) is 60.9 Å². The van der Waals surface area contributed by atoms with E-state index in [-0.39, 0.29) is 18.1 Å². The minimum atomic E-state index is -0.792. The van der Waals surface area contributed by atoms with Crippen molar-refractivity contribution >= 4 is 23.8 Å². The van der Waals surface area contributed by atoms with E-state index in [1.54, 1.807) is 4.90 Å². The molecule has 2 fully saturated rings. The fourth-order valence-corrected chi connectivity index (χ4v) is 3.73. The van der Waals surface area contributed by atoms with Crippen molar-refractivity contribution in [2.24, 2.45) is 5.92 Å². The molecule has 2 aliphatic heterocycles. The second-order valence-electron chi connectivity index (χ2n) is 5.07. The molecule has 0 bridgehead atoms. The highest BCUT2D eigenvalue weighted by Crippen LogP contribution is 2.27. The van der Waals surface area contributed by atoms with Crippen molar-refractivity contribution in [2.45, 2.75) is 32.4 Å². The van der Waals surface area contributed by atoms with E-state index in [0.29, 0.717) is 13.0 Å². The number of carboxylic acids is 1. The predicted octanol–water partition coefficient (Wildman–Crippen LogP) is 1.34. The molecule has 6 heteroatoms. The zero-order valence-electron chi connectivity index (χ0n) is 10.8. The molecule has 0 aromatic carbocycles. The Bertz CT molecular complexity index is 350. The molecule has 3 atom stereocenters. The first-order valence-corrected chi connectivity index (χ1v) is 7.55. The largest absolute Gasteiger partial charge is 0.481 e. The summed E-state index contributed by atoms with van der Waals surface area (Å²) in [6.45, 7) is 5.23. The molecular weight excluding hydrogens is 252 g/mol. The Labute approximate surface area is 112 Å². The van der Waals surface area contributed by atoms with Crippen LogP contribution in [-0.2, 0) is 4.79 Å². The third-order valence-corrected chi connectivity index (χ3v) is 5.12. The lowest BCUT2D eigenvalue weighted by Crippen LogP contribution is -2.52. The number of carbonyl (C=O) groups excluding carboxylic acids is 1. The fourth-order valence-electron chi connectivity index (χ4n) is 2.72. The van der Waals surface area contributed by atoms with E-state index in [0.717, 1.165) is 18.1 Å². The Morgan fingerprint density at radius 1 is 1.22 bits per heavy atom. The molecule has 18 heavy (non-hydrogen) atoms. The SMILES string of the molecule is CC1CSCCN1C(=O)N1CCC(C(=O)O)C1C. The molecule has 0 aromatic rings. The lowest BCUT2D eigenvalue weighted by atomic mass is 10.0. The van der Waals surface area contributed by atoms with E-state index in [4.69, 9.17) is 5.11 Å². The van der Waals surface area contributed by atoms with Gasteiger partial charge >= 0.3 is 12.0 Å². The van der Waals surface area contributed by atoms with E-state index in [2.05, 4.69) is 6.92 Å². The number of rotatable bonds is 1. The average molecular weight is 272 g/mol. The number of likely N-dealkylation sites (tertiary alicyclic amines) is 1. The van der Waals surface area contributed by atoms with Crippen LogP contribution in [0.3, 0.4) is 0 Å². The number of carboxylic acid groups (broad SMARTS) is 1. The highest BCUT2D eigenvalue weighted by Gasteiger charge is 2.40. The monoisotopic (exact) mass is 272 g/mol. The maximum atomic E-state index is 12.4. The molecule has 1 N–H and O–H groups in total. The predicted molar refractivity (Wildman–Crippen MR) is 70.8 cm³/mol. The van der Waals surface area contributed by atoms with Crippen molar-refractivity contribution in [1.82, 2.24) is 9.80 Å². The van der Waals surface area contributed by atoms with Crippen LogP contribution in [-0.4, -0.2) is 63.6 Å². The first-order chi connectivity index (χ1) is 8.52. The van der Waals surface area contributed by atoms with Gasteiger partial charge in [0.05, 0.1) is 5.92 Å². The van der Waals surface area contributed by atoms with Gasteiger partial charge in [-0.15, -0.1) is 0 Å². The Morgan fingerprint density at radius 3 is 2.50 bits per heavy atom. The maximum absolute atomic E-state index is 12.4. The molecule has 2 aliphatic rings.